The molecule has 0 spiro atoms. The molecule has 1 amide bonds. The average Bonchev–Trinajstić information content (AvgIpc) is 3.07. The first-order chi connectivity index (χ1) is 9.16. The average molecular weight is 280 g/mol. The van der Waals surface area contributed by atoms with E-state index in [9.17, 15) is 4.79 Å². The fourth-order valence-corrected chi connectivity index (χ4v) is 3.04. The first-order valence-electron chi connectivity index (χ1n) is 7.20. The highest BCUT2D eigenvalue weighted by atomic mass is 32.1. The van der Waals surface area contributed by atoms with Gasteiger partial charge in [0, 0.05) is 30.4 Å². The van der Waals surface area contributed by atoms with Crippen LogP contribution in [-0.4, -0.2) is 19.0 Å². The van der Waals surface area contributed by atoms with Gasteiger partial charge in [-0.15, -0.1) is 11.3 Å². The zero-order valence-corrected chi connectivity index (χ0v) is 12.6. The highest BCUT2D eigenvalue weighted by Crippen LogP contribution is 2.42. The first-order valence-corrected chi connectivity index (χ1v) is 8.08. The Bertz CT molecular complexity index is 385. The smallest absolute Gasteiger partial charge is 0.221 e. The quantitative estimate of drug-likeness (QED) is 0.768. The Morgan fingerprint density at radius 3 is 2.84 bits per heavy atom. The molecule has 0 aliphatic heterocycles. The predicted octanol–water partition coefficient (Wildman–Crippen LogP) is 2.95. The molecular weight excluding hydrogens is 256 g/mol. The third-order valence-electron chi connectivity index (χ3n) is 3.37. The van der Waals surface area contributed by atoms with Gasteiger partial charge in [-0.2, -0.15) is 0 Å². The lowest BCUT2D eigenvalue weighted by atomic mass is 10.1. The normalized spacial score (nSPS) is 16.6. The molecule has 0 saturated heterocycles. The van der Waals surface area contributed by atoms with Crippen LogP contribution in [0.4, 0.5) is 0 Å². The number of hydrogen-bond acceptors (Lipinski definition) is 3. The van der Waals surface area contributed by atoms with Crippen molar-refractivity contribution >= 4 is 17.2 Å². The van der Waals surface area contributed by atoms with Gasteiger partial charge in [-0.3, -0.25) is 4.79 Å². The summed E-state index contributed by atoms with van der Waals surface area (Å²) in [6, 6.07) is 4.75. The zero-order chi connectivity index (χ0) is 13.7. The molecule has 1 atom stereocenters. The summed E-state index contributed by atoms with van der Waals surface area (Å²) in [5, 5.41) is 8.64. The van der Waals surface area contributed by atoms with Crippen molar-refractivity contribution < 1.29 is 4.79 Å². The van der Waals surface area contributed by atoms with E-state index < -0.39 is 0 Å². The van der Waals surface area contributed by atoms with Crippen LogP contribution in [-0.2, 0) is 4.79 Å². The molecule has 1 aromatic rings. The summed E-state index contributed by atoms with van der Waals surface area (Å²) in [4.78, 5) is 13.1. The lowest BCUT2D eigenvalue weighted by molar-refractivity contribution is -0.121. The van der Waals surface area contributed by atoms with Crippen LogP contribution in [0.2, 0.25) is 0 Å². The monoisotopic (exact) mass is 280 g/mol. The second-order valence-electron chi connectivity index (χ2n) is 5.73. The fourth-order valence-electron chi connectivity index (χ4n) is 2.14. The topological polar surface area (TPSA) is 41.1 Å². The van der Waals surface area contributed by atoms with Crippen LogP contribution in [0.3, 0.4) is 0 Å². The predicted molar refractivity (Wildman–Crippen MR) is 80.3 cm³/mol. The highest BCUT2D eigenvalue weighted by molar-refractivity contribution is 7.10. The molecule has 0 bridgehead atoms. The van der Waals surface area contributed by atoms with E-state index in [0.29, 0.717) is 18.4 Å². The number of rotatable bonds is 8. The minimum absolute atomic E-state index is 0.155. The third-order valence-corrected chi connectivity index (χ3v) is 4.32. The minimum atomic E-state index is 0.155. The molecule has 3 nitrogen and oxygen atoms in total. The first kappa shape index (κ1) is 14.5. The second kappa shape index (κ2) is 7.06. The summed E-state index contributed by atoms with van der Waals surface area (Å²) in [7, 11) is 0. The van der Waals surface area contributed by atoms with Gasteiger partial charge in [0.05, 0.1) is 0 Å². The Kier molecular flexibility index (Phi) is 5.40. The number of nitrogens with one attached hydrogen (secondary N) is 2. The van der Waals surface area contributed by atoms with Crippen LogP contribution in [0.1, 0.15) is 44.0 Å². The van der Waals surface area contributed by atoms with E-state index in [1.54, 1.807) is 0 Å². The molecule has 0 radical (unpaired) electrons. The molecule has 19 heavy (non-hydrogen) atoms. The van der Waals surface area contributed by atoms with Gasteiger partial charge in [-0.1, -0.05) is 19.9 Å². The summed E-state index contributed by atoms with van der Waals surface area (Å²) >= 11 is 1.81. The van der Waals surface area contributed by atoms with Crippen LogP contribution in [0, 0.1) is 11.8 Å². The van der Waals surface area contributed by atoms with Crippen LogP contribution in [0.25, 0.3) is 0 Å². The Labute approximate surface area is 119 Å². The van der Waals surface area contributed by atoms with Gasteiger partial charge >= 0.3 is 0 Å². The van der Waals surface area contributed by atoms with E-state index in [-0.39, 0.29) is 5.91 Å². The van der Waals surface area contributed by atoms with Crippen molar-refractivity contribution in [1.82, 2.24) is 10.6 Å². The maximum atomic E-state index is 11.7. The molecule has 2 N–H and O–H groups in total. The Balaban J connectivity index is 1.70. The summed E-state index contributed by atoms with van der Waals surface area (Å²) in [5.74, 6) is 1.45. The number of thiophene rings is 1. The lowest BCUT2D eigenvalue weighted by Gasteiger charge is -2.16. The SMILES string of the molecule is CC(C)CNC(=O)CCNC(c1cccs1)C1CC1. The number of amides is 1. The van der Waals surface area contributed by atoms with E-state index in [2.05, 4.69) is 42.0 Å². The van der Waals surface area contributed by atoms with Crippen molar-refractivity contribution in [2.45, 2.75) is 39.2 Å². The molecule has 1 unspecified atom stereocenters. The van der Waals surface area contributed by atoms with Gasteiger partial charge in [0.2, 0.25) is 5.91 Å². The molecule has 2 rings (SSSR count). The van der Waals surface area contributed by atoms with E-state index in [0.717, 1.165) is 19.0 Å². The molecule has 1 aliphatic carbocycles. The largest absolute Gasteiger partial charge is 0.356 e. The van der Waals surface area contributed by atoms with Crippen molar-refractivity contribution in [2.75, 3.05) is 13.1 Å². The van der Waals surface area contributed by atoms with E-state index in [1.165, 1.54) is 17.7 Å². The summed E-state index contributed by atoms with van der Waals surface area (Å²) < 4.78 is 0. The molecular formula is C15H24N2OS. The number of carbonyl (C=O) groups is 1. The van der Waals surface area contributed by atoms with Crippen LogP contribution in [0.5, 0.6) is 0 Å². The zero-order valence-electron chi connectivity index (χ0n) is 11.8. The Morgan fingerprint density at radius 1 is 1.47 bits per heavy atom. The summed E-state index contributed by atoms with van der Waals surface area (Å²) in [6.45, 7) is 5.76. The van der Waals surface area contributed by atoms with Crippen LogP contribution >= 0.6 is 11.3 Å². The summed E-state index contributed by atoms with van der Waals surface area (Å²) in [5.41, 5.74) is 0. The molecule has 106 valence electrons. The van der Waals surface area contributed by atoms with Gasteiger partial charge in [0.25, 0.3) is 0 Å². The molecule has 1 aliphatic rings. The van der Waals surface area contributed by atoms with Crippen LogP contribution in [0.15, 0.2) is 17.5 Å². The van der Waals surface area contributed by atoms with Gasteiger partial charge in [-0.05, 0) is 36.1 Å². The van der Waals surface area contributed by atoms with E-state index >= 15 is 0 Å². The Hall–Kier alpha value is -0.870. The van der Waals surface area contributed by atoms with Gasteiger partial charge < -0.3 is 10.6 Å². The molecule has 1 fully saturated rings. The maximum absolute atomic E-state index is 11.7. The Morgan fingerprint density at radius 2 is 2.26 bits per heavy atom. The molecule has 4 heteroatoms. The molecule has 1 aromatic heterocycles. The number of hydrogen-bond donors (Lipinski definition) is 2. The number of carbonyl (C=O) groups excluding carboxylic acids is 1. The van der Waals surface area contributed by atoms with Crippen molar-refractivity contribution in [3.63, 3.8) is 0 Å². The van der Waals surface area contributed by atoms with Gasteiger partial charge in [0.1, 0.15) is 0 Å². The summed E-state index contributed by atoms with van der Waals surface area (Å²) in [6.07, 6.45) is 3.20. The second-order valence-corrected chi connectivity index (χ2v) is 6.71. The van der Waals surface area contributed by atoms with Gasteiger partial charge in [-0.25, -0.2) is 0 Å². The molecule has 1 heterocycles. The molecule has 1 saturated carbocycles. The van der Waals surface area contributed by atoms with E-state index in [1.807, 2.05) is 11.3 Å². The van der Waals surface area contributed by atoms with Gasteiger partial charge in [0.15, 0.2) is 0 Å². The fraction of sp³-hybridized carbons (Fsp3) is 0.667. The minimum Gasteiger partial charge on any atom is -0.356 e. The van der Waals surface area contributed by atoms with Crippen molar-refractivity contribution in [3.8, 4) is 0 Å². The lowest BCUT2D eigenvalue weighted by Crippen LogP contribution is -2.31. The maximum Gasteiger partial charge on any atom is 0.221 e. The van der Waals surface area contributed by atoms with E-state index in [4.69, 9.17) is 0 Å². The van der Waals surface area contributed by atoms with Crippen molar-refractivity contribution in [2.24, 2.45) is 11.8 Å². The van der Waals surface area contributed by atoms with Crippen LogP contribution < -0.4 is 10.6 Å². The molecule has 0 aromatic carbocycles. The highest BCUT2D eigenvalue weighted by Gasteiger charge is 2.32. The third kappa shape index (κ3) is 4.96. The standard InChI is InChI=1S/C15H24N2OS/c1-11(2)10-17-14(18)7-8-16-15(12-5-6-12)13-4-3-9-19-13/h3-4,9,11-12,15-16H,5-8,10H2,1-2H3,(H,17,18). The van der Waals surface area contributed by atoms with Crippen molar-refractivity contribution in [1.29, 1.82) is 0 Å². The van der Waals surface area contributed by atoms with Crippen molar-refractivity contribution in [3.05, 3.63) is 22.4 Å².